The lowest BCUT2D eigenvalue weighted by molar-refractivity contribution is 0.548. The number of anilines is 1. The van der Waals surface area contributed by atoms with Crippen molar-refractivity contribution >= 4 is 17.0 Å². The van der Waals surface area contributed by atoms with Crippen LogP contribution in [0.25, 0.3) is 0 Å². The summed E-state index contributed by atoms with van der Waals surface area (Å²) < 4.78 is 0. The van der Waals surface area contributed by atoms with Crippen LogP contribution in [0.5, 0.6) is 0 Å². The minimum atomic E-state index is 0.501. The average Bonchev–Trinajstić information content (AvgIpc) is 2.82. The Morgan fingerprint density at radius 2 is 1.80 bits per heavy atom. The topological polar surface area (TPSA) is 15.3 Å². The molecule has 0 radical (unpaired) electrons. The average molecular weight is 288 g/mol. The van der Waals surface area contributed by atoms with Gasteiger partial charge in [-0.15, -0.1) is 11.3 Å². The third-order valence-corrected chi connectivity index (χ3v) is 4.43. The zero-order valence-corrected chi connectivity index (χ0v) is 13.6. The summed E-state index contributed by atoms with van der Waals surface area (Å²) >= 11 is 1.90. The molecule has 20 heavy (non-hydrogen) atoms. The number of aryl methyl sites for hydroxylation is 1. The number of benzene rings is 1. The van der Waals surface area contributed by atoms with Crippen molar-refractivity contribution in [3.63, 3.8) is 0 Å². The Bertz CT molecular complexity index is 528. The molecule has 0 spiro atoms. The number of rotatable bonds is 6. The van der Waals surface area contributed by atoms with E-state index in [0.29, 0.717) is 6.04 Å². The lowest BCUT2D eigenvalue weighted by Gasteiger charge is -2.15. The van der Waals surface area contributed by atoms with Crippen molar-refractivity contribution in [2.75, 3.05) is 19.0 Å². The highest BCUT2D eigenvalue weighted by atomic mass is 32.1. The van der Waals surface area contributed by atoms with Crippen molar-refractivity contribution in [2.45, 2.75) is 32.9 Å². The summed E-state index contributed by atoms with van der Waals surface area (Å²) in [5.41, 5.74) is 2.58. The van der Waals surface area contributed by atoms with Crippen LogP contribution in [-0.4, -0.2) is 20.1 Å². The van der Waals surface area contributed by atoms with E-state index in [2.05, 4.69) is 74.6 Å². The van der Waals surface area contributed by atoms with Crippen LogP contribution < -0.4 is 10.2 Å². The maximum atomic E-state index is 3.60. The smallest absolute Gasteiger partial charge is 0.0361 e. The Balaban J connectivity index is 1.82. The second-order valence-corrected chi connectivity index (χ2v) is 6.93. The fourth-order valence-corrected chi connectivity index (χ4v) is 3.19. The third-order valence-electron chi connectivity index (χ3n) is 3.41. The van der Waals surface area contributed by atoms with Crippen molar-refractivity contribution in [3.05, 3.63) is 51.7 Å². The van der Waals surface area contributed by atoms with Gasteiger partial charge in [0, 0.05) is 42.1 Å². The van der Waals surface area contributed by atoms with Gasteiger partial charge in [-0.05, 0) is 50.1 Å². The molecule has 0 aliphatic rings. The molecule has 0 saturated heterocycles. The zero-order valence-electron chi connectivity index (χ0n) is 12.8. The van der Waals surface area contributed by atoms with E-state index in [1.807, 2.05) is 11.3 Å². The maximum absolute atomic E-state index is 3.60. The molecular formula is C17H24N2S. The highest BCUT2D eigenvalue weighted by Gasteiger charge is 2.05. The molecule has 3 heteroatoms. The number of hydrogen-bond donors (Lipinski definition) is 1. The fraction of sp³-hybridized carbons (Fsp3) is 0.412. The first-order valence-corrected chi connectivity index (χ1v) is 7.91. The quantitative estimate of drug-likeness (QED) is 0.868. The standard InChI is InChI=1S/C17H24N2S/c1-13(11-17-10-5-14(2)20-17)18-12-15-6-8-16(9-7-15)19(3)4/h5-10,13,18H,11-12H2,1-4H3. The maximum Gasteiger partial charge on any atom is 0.0361 e. The molecule has 2 aromatic rings. The van der Waals surface area contributed by atoms with Gasteiger partial charge in [0.05, 0.1) is 0 Å². The van der Waals surface area contributed by atoms with Crippen molar-refractivity contribution in [2.24, 2.45) is 0 Å². The van der Waals surface area contributed by atoms with Crippen LogP contribution in [0.2, 0.25) is 0 Å². The van der Waals surface area contributed by atoms with Crippen molar-refractivity contribution in [1.82, 2.24) is 5.32 Å². The summed E-state index contributed by atoms with van der Waals surface area (Å²) in [6, 6.07) is 13.7. The lowest BCUT2D eigenvalue weighted by atomic mass is 10.1. The van der Waals surface area contributed by atoms with Crippen LogP contribution in [0.4, 0.5) is 5.69 Å². The number of nitrogens with zero attached hydrogens (tertiary/aromatic N) is 1. The van der Waals surface area contributed by atoms with Gasteiger partial charge in [0.25, 0.3) is 0 Å². The molecule has 0 amide bonds. The summed E-state index contributed by atoms with van der Waals surface area (Å²) in [5.74, 6) is 0. The Morgan fingerprint density at radius 3 is 2.35 bits per heavy atom. The molecule has 1 aromatic carbocycles. The summed E-state index contributed by atoms with van der Waals surface area (Å²) in [6.45, 7) is 5.35. The Kier molecular flexibility index (Phi) is 5.21. The van der Waals surface area contributed by atoms with Crippen molar-refractivity contribution in [3.8, 4) is 0 Å². The molecule has 1 heterocycles. The molecule has 2 nitrogen and oxygen atoms in total. The second-order valence-electron chi connectivity index (χ2n) is 5.56. The molecule has 108 valence electrons. The van der Waals surface area contributed by atoms with E-state index >= 15 is 0 Å². The lowest BCUT2D eigenvalue weighted by Crippen LogP contribution is -2.27. The SMILES string of the molecule is Cc1ccc(CC(C)NCc2ccc(N(C)C)cc2)s1. The number of thiophene rings is 1. The monoisotopic (exact) mass is 288 g/mol. The first-order chi connectivity index (χ1) is 9.54. The normalized spacial score (nSPS) is 12.4. The highest BCUT2D eigenvalue weighted by molar-refractivity contribution is 7.11. The molecular weight excluding hydrogens is 264 g/mol. The molecule has 1 atom stereocenters. The minimum Gasteiger partial charge on any atom is -0.378 e. The van der Waals surface area contributed by atoms with Gasteiger partial charge in [-0.3, -0.25) is 0 Å². The van der Waals surface area contributed by atoms with Gasteiger partial charge in [-0.25, -0.2) is 0 Å². The van der Waals surface area contributed by atoms with Gasteiger partial charge in [-0.1, -0.05) is 12.1 Å². The van der Waals surface area contributed by atoms with Gasteiger partial charge in [-0.2, -0.15) is 0 Å². The van der Waals surface area contributed by atoms with E-state index in [4.69, 9.17) is 0 Å². The minimum absolute atomic E-state index is 0.501. The summed E-state index contributed by atoms with van der Waals surface area (Å²) in [4.78, 5) is 4.98. The van der Waals surface area contributed by atoms with Gasteiger partial charge in [0.15, 0.2) is 0 Å². The van der Waals surface area contributed by atoms with Gasteiger partial charge in [0.2, 0.25) is 0 Å². The van der Waals surface area contributed by atoms with Crippen LogP contribution in [0, 0.1) is 6.92 Å². The summed E-state index contributed by atoms with van der Waals surface area (Å²) in [7, 11) is 4.14. The number of nitrogens with one attached hydrogen (secondary N) is 1. The van der Waals surface area contributed by atoms with Gasteiger partial charge >= 0.3 is 0 Å². The molecule has 2 rings (SSSR count). The highest BCUT2D eigenvalue weighted by Crippen LogP contribution is 2.17. The molecule has 0 saturated carbocycles. The molecule has 0 aliphatic carbocycles. The van der Waals surface area contributed by atoms with Crippen LogP contribution in [0.15, 0.2) is 36.4 Å². The molecule has 0 aliphatic heterocycles. The molecule has 1 N–H and O–H groups in total. The van der Waals surface area contributed by atoms with Crippen molar-refractivity contribution in [1.29, 1.82) is 0 Å². The number of hydrogen-bond acceptors (Lipinski definition) is 3. The van der Waals surface area contributed by atoms with Gasteiger partial charge in [0.1, 0.15) is 0 Å². The van der Waals surface area contributed by atoms with E-state index in [1.54, 1.807) is 0 Å². The van der Waals surface area contributed by atoms with Crippen LogP contribution >= 0.6 is 11.3 Å². The van der Waals surface area contributed by atoms with Crippen molar-refractivity contribution < 1.29 is 0 Å². The van der Waals surface area contributed by atoms with E-state index in [1.165, 1.54) is 21.0 Å². The molecule has 0 bridgehead atoms. The first kappa shape index (κ1) is 15.1. The molecule has 0 fully saturated rings. The summed E-state index contributed by atoms with van der Waals surface area (Å²) in [6.07, 6.45) is 1.11. The van der Waals surface area contributed by atoms with Crippen LogP contribution in [0.3, 0.4) is 0 Å². The van der Waals surface area contributed by atoms with E-state index in [-0.39, 0.29) is 0 Å². The van der Waals surface area contributed by atoms with E-state index in [0.717, 1.165) is 13.0 Å². The first-order valence-electron chi connectivity index (χ1n) is 7.09. The van der Waals surface area contributed by atoms with E-state index < -0.39 is 0 Å². The van der Waals surface area contributed by atoms with Crippen LogP contribution in [-0.2, 0) is 13.0 Å². The predicted octanol–water partition coefficient (Wildman–Crippen LogP) is 3.84. The van der Waals surface area contributed by atoms with Crippen LogP contribution in [0.1, 0.15) is 22.2 Å². The third kappa shape index (κ3) is 4.36. The fourth-order valence-electron chi connectivity index (χ4n) is 2.17. The zero-order chi connectivity index (χ0) is 14.5. The largest absolute Gasteiger partial charge is 0.378 e. The van der Waals surface area contributed by atoms with Gasteiger partial charge < -0.3 is 10.2 Å². The Labute approximate surface area is 126 Å². The predicted molar refractivity (Wildman–Crippen MR) is 89.8 cm³/mol. The van der Waals surface area contributed by atoms with E-state index in [9.17, 15) is 0 Å². The molecule has 1 aromatic heterocycles. The summed E-state index contributed by atoms with van der Waals surface area (Å²) in [5, 5.41) is 3.60. The molecule has 1 unspecified atom stereocenters. The second kappa shape index (κ2) is 6.91. The Morgan fingerprint density at radius 1 is 1.10 bits per heavy atom. The Hall–Kier alpha value is -1.32.